The fraction of sp³-hybridized carbons (Fsp3) is 0.708. The van der Waals surface area contributed by atoms with Crippen LogP contribution in [0.2, 0.25) is 0 Å². The molecule has 1 aliphatic heterocycles. The molecule has 1 saturated heterocycles. The number of fused-ring (bicyclic) bond motifs is 1. The Balaban J connectivity index is 1.73. The molecule has 2 aromatic rings. The summed E-state index contributed by atoms with van der Waals surface area (Å²) in [5, 5.41) is 33.5. The lowest BCUT2D eigenvalue weighted by Gasteiger charge is -2.27. The number of nitrogens with two attached hydrogens (primary N) is 1. The number of esters is 1. The number of anilines is 1. The molecule has 3 heterocycles. The summed E-state index contributed by atoms with van der Waals surface area (Å²) in [5.74, 6) is -0.902. The topological polar surface area (TPSA) is 250 Å². The molecule has 1 aliphatic rings. The van der Waals surface area contributed by atoms with Gasteiger partial charge >= 0.3 is 13.7 Å². The molecule has 2 aromatic heterocycles. The second kappa shape index (κ2) is 13.3. The normalized spacial score (nSPS) is 24.3. The van der Waals surface area contributed by atoms with E-state index in [4.69, 9.17) is 24.3 Å². The van der Waals surface area contributed by atoms with Gasteiger partial charge in [0.15, 0.2) is 22.5 Å². The zero-order chi connectivity index (χ0) is 32.4. The van der Waals surface area contributed by atoms with Crippen molar-refractivity contribution in [2.24, 2.45) is 5.41 Å². The number of ether oxygens (including phenoxy) is 2. The number of hydrogen-bond acceptors (Lipinski definition) is 15. The van der Waals surface area contributed by atoms with Crippen LogP contribution in [-0.2, 0) is 32.7 Å². The number of nitrogen functional groups attached to an aromatic ring is 1. The van der Waals surface area contributed by atoms with E-state index in [0.717, 1.165) is 11.8 Å². The lowest BCUT2D eigenvalue weighted by Crippen LogP contribution is -2.44. The maximum Gasteiger partial charge on any atom is 0.406 e. The van der Waals surface area contributed by atoms with Gasteiger partial charge in [-0.15, -0.1) is 0 Å². The molecule has 17 nitrogen and oxygen atoms in total. The molecule has 0 aromatic carbocycles. The Hall–Kier alpha value is -2.41. The molecule has 0 amide bonds. The SMILES string of the molecule is CC(C)(C)OC(=O)CNP(=O)(OCCSC(=O)C(C)(C)CO)OCC1OC(n2cnc3c(=O)[nH]c(N)nc32)C(C)(O)C1O. The van der Waals surface area contributed by atoms with Gasteiger partial charge in [-0.3, -0.25) is 33.0 Å². The molecular weight excluding hydrogens is 611 g/mol. The first-order valence-electron chi connectivity index (χ1n) is 13.2. The van der Waals surface area contributed by atoms with Gasteiger partial charge in [-0.1, -0.05) is 11.8 Å². The van der Waals surface area contributed by atoms with Crippen LogP contribution in [0.4, 0.5) is 5.95 Å². The van der Waals surface area contributed by atoms with Gasteiger partial charge in [-0.2, -0.15) is 4.98 Å². The van der Waals surface area contributed by atoms with Gasteiger partial charge in [0, 0.05) is 5.75 Å². The fourth-order valence-electron chi connectivity index (χ4n) is 3.88. The summed E-state index contributed by atoms with van der Waals surface area (Å²) in [6.07, 6.45) is -3.00. The molecule has 3 rings (SSSR count). The number of carbonyl (C=O) groups excluding carboxylic acids is 2. The van der Waals surface area contributed by atoms with E-state index in [9.17, 15) is 34.3 Å². The number of aromatic nitrogens is 4. The summed E-state index contributed by atoms with van der Waals surface area (Å²) in [5.41, 5.74) is 1.18. The highest BCUT2D eigenvalue weighted by atomic mass is 32.2. The van der Waals surface area contributed by atoms with Crippen LogP contribution in [0.1, 0.15) is 47.8 Å². The van der Waals surface area contributed by atoms with Crippen molar-refractivity contribution in [3.63, 3.8) is 0 Å². The number of imidazole rings is 1. The van der Waals surface area contributed by atoms with Crippen LogP contribution >= 0.6 is 19.5 Å². The van der Waals surface area contributed by atoms with Gasteiger partial charge in [0.05, 0.1) is 31.6 Å². The number of carbonyl (C=O) groups is 2. The summed E-state index contributed by atoms with van der Waals surface area (Å²) >= 11 is 0.860. The monoisotopic (exact) mass is 650 g/mol. The molecule has 0 spiro atoms. The molecule has 1 fully saturated rings. The van der Waals surface area contributed by atoms with Crippen molar-refractivity contribution in [3.8, 4) is 0 Å². The highest BCUT2D eigenvalue weighted by Crippen LogP contribution is 2.46. The number of aromatic amines is 1. The Labute approximate surface area is 251 Å². The molecule has 43 heavy (non-hydrogen) atoms. The average Bonchev–Trinajstić information content (AvgIpc) is 3.41. The van der Waals surface area contributed by atoms with Gasteiger partial charge in [0.1, 0.15) is 30.0 Å². The summed E-state index contributed by atoms with van der Waals surface area (Å²) in [6, 6.07) is 0. The van der Waals surface area contributed by atoms with Gasteiger partial charge < -0.3 is 30.5 Å². The molecule has 5 unspecified atom stereocenters. The van der Waals surface area contributed by atoms with Crippen molar-refractivity contribution < 1.29 is 48.0 Å². The van der Waals surface area contributed by atoms with Gasteiger partial charge in [0.25, 0.3) is 5.56 Å². The number of nitrogens with zero attached hydrogens (tertiary/aromatic N) is 3. The molecule has 242 valence electrons. The lowest BCUT2D eigenvalue weighted by molar-refractivity contribution is -0.153. The largest absolute Gasteiger partial charge is 0.459 e. The molecule has 7 N–H and O–H groups in total. The first-order chi connectivity index (χ1) is 19.8. The maximum absolute atomic E-state index is 13.6. The van der Waals surface area contributed by atoms with E-state index in [-0.39, 0.29) is 41.2 Å². The molecular formula is C24H39N6O11PS. The highest BCUT2D eigenvalue weighted by molar-refractivity contribution is 8.13. The fourth-order valence-corrected chi connectivity index (χ4v) is 6.07. The van der Waals surface area contributed by atoms with Crippen molar-refractivity contribution in [2.75, 3.05) is 37.9 Å². The zero-order valence-electron chi connectivity index (χ0n) is 24.7. The number of aliphatic hydroxyl groups excluding tert-OH is 2. The van der Waals surface area contributed by atoms with Crippen molar-refractivity contribution in [1.29, 1.82) is 0 Å². The molecule has 19 heteroatoms. The average molecular weight is 651 g/mol. The quantitative estimate of drug-likeness (QED) is 0.0952. The van der Waals surface area contributed by atoms with Crippen LogP contribution < -0.4 is 16.4 Å². The van der Waals surface area contributed by atoms with Crippen molar-refractivity contribution in [1.82, 2.24) is 24.6 Å². The maximum atomic E-state index is 13.6. The van der Waals surface area contributed by atoms with E-state index >= 15 is 0 Å². The van der Waals surface area contributed by atoms with Crippen LogP contribution in [0.3, 0.4) is 0 Å². The van der Waals surface area contributed by atoms with E-state index in [1.807, 2.05) is 0 Å². The Morgan fingerprint density at radius 3 is 2.60 bits per heavy atom. The van der Waals surface area contributed by atoms with Gasteiger partial charge in [-0.25, -0.2) is 14.6 Å². The number of hydrogen-bond donors (Lipinski definition) is 6. The summed E-state index contributed by atoms with van der Waals surface area (Å²) < 4.78 is 36.8. The van der Waals surface area contributed by atoms with Crippen molar-refractivity contribution in [3.05, 3.63) is 16.7 Å². The number of aliphatic hydroxyl groups is 3. The molecule has 0 saturated carbocycles. The Kier molecular flexibility index (Phi) is 10.8. The molecule has 0 bridgehead atoms. The van der Waals surface area contributed by atoms with Crippen LogP contribution in [-0.4, -0.2) is 101 Å². The predicted octanol–water partition coefficient (Wildman–Crippen LogP) is 0.0620. The van der Waals surface area contributed by atoms with Crippen LogP contribution in [0.5, 0.6) is 0 Å². The number of H-pyrrole nitrogens is 1. The van der Waals surface area contributed by atoms with E-state index < -0.39 is 67.5 Å². The number of rotatable bonds is 13. The predicted molar refractivity (Wildman–Crippen MR) is 155 cm³/mol. The second-order valence-electron chi connectivity index (χ2n) is 11.7. The standard InChI is InChI=1S/C24H39N6O11PS/c1-22(2,3)41-14(32)9-27-42(37,38-7-8-43-20(35)23(4,5)11-31)39-10-13-16(33)24(6,36)19(40-13)30-12-26-15-17(30)28-21(25)29-18(15)34/h12-13,16,19,31,33,36H,7-11H2,1-6H3,(H,27,37)(H3,25,28,29,34). The van der Waals surface area contributed by atoms with Crippen molar-refractivity contribution in [2.45, 2.75) is 71.2 Å². The van der Waals surface area contributed by atoms with Crippen LogP contribution in [0, 0.1) is 5.41 Å². The molecule has 0 aliphatic carbocycles. The van der Waals surface area contributed by atoms with Gasteiger partial charge in [-0.05, 0) is 41.5 Å². The highest BCUT2D eigenvalue weighted by Gasteiger charge is 2.54. The third-order valence-corrected chi connectivity index (χ3v) is 8.97. The van der Waals surface area contributed by atoms with Crippen LogP contribution in [0.25, 0.3) is 11.2 Å². The Morgan fingerprint density at radius 2 is 1.98 bits per heavy atom. The minimum Gasteiger partial charge on any atom is -0.459 e. The lowest BCUT2D eigenvalue weighted by atomic mass is 9.96. The van der Waals surface area contributed by atoms with Gasteiger partial charge in [0.2, 0.25) is 5.95 Å². The zero-order valence-corrected chi connectivity index (χ0v) is 26.4. The minimum atomic E-state index is -4.29. The first-order valence-corrected chi connectivity index (χ1v) is 15.7. The third-order valence-electron chi connectivity index (χ3n) is 6.23. The van der Waals surface area contributed by atoms with E-state index in [2.05, 4.69) is 20.0 Å². The smallest absolute Gasteiger partial charge is 0.406 e. The van der Waals surface area contributed by atoms with Crippen molar-refractivity contribution >= 4 is 47.7 Å². The van der Waals surface area contributed by atoms with E-state index in [0.29, 0.717) is 0 Å². The molecule has 0 radical (unpaired) electrons. The number of nitrogens with one attached hydrogen (secondary N) is 2. The summed E-state index contributed by atoms with van der Waals surface area (Å²) in [4.78, 5) is 47.1. The Bertz CT molecular complexity index is 1420. The second-order valence-corrected chi connectivity index (χ2v) is 14.6. The third kappa shape index (κ3) is 8.61. The summed E-state index contributed by atoms with van der Waals surface area (Å²) in [7, 11) is -4.29. The Morgan fingerprint density at radius 1 is 1.30 bits per heavy atom. The number of thioether (sulfide) groups is 1. The minimum absolute atomic E-state index is 0.00949. The molecule has 5 atom stereocenters. The van der Waals surface area contributed by atoms with E-state index in [1.165, 1.54) is 17.8 Å². The van der Waals surface area contributed by atoms with Crippen LogP contribution in [0.15, 0.2) is 11.1 Å². The van der Waals surface area contributed by atoms with E-state index in [1.54, 1.807) is 34.6 Å². The summed E-state index contributed by atoms with van der Waals surface area (Å²) in [6.45, 7) is 7.64. The first kappa shape index (κ1) is 35.1.